The van der Waals surface area contributed by atoms with Gasteiger partial charge in [-0.3, -0.25) is 4.79 Å². The SMILES string of the molecule is CC(=O)OC1=CCC(=Cc2ccc(C3(C4CC5C=CC4C5)CCCCC3)cc2)C=C1. The van der Waals surface area contributed by atoms with Crippen LogP contribution in [-0.4, -0.2) is 5.97 Å². The molecule has 1 aromatic carbocycles. The summed E-state index contributed by atoms with van der Waals surface area (Å²) in [6, 6.07) is 9.45. The van der Waals surface area contributed by atoms with Crippen LogP contribution in [0.25, 0.3) is 6.08 Å². The van der Waals surface area contributed by atoms with Crippen LogP contribution >= 0.6 is 0 Å². The van der Waals surface area contributed by atoms with Crippen molar-refractivity contribution in [2.75, 3.05) is 0 Å². The molecule has 0 saturated heterocycles. The van der Waals surface area contributed by atoms with Crippen LogP contribution in [0.1, 0.15) is 69.4 Å². The Morgan fingerprint density at radius 2 is 1.83 bits per heavy atom. The zero-order chi connectivity index (χ0) is 20.6. The zero-order valence-electron chi connectivity index (χ0n) is 18.0. The lowest BCUT2D eigenvalue weighted by Gasteiger charge is -2.45. The smallest absolute Gasteiger partial charge is 0.308 e. The van der Waals surface area contributed by atoms with E-state index in [1.165, 1.54) is 63.0 Å². The van der Waals surface area contributed by atoms with Crippen molar-refractivity contribution < 1.29 is 9.53 Å². The third kappa shape index (κ3) is 3.73. The highest BCUT2D eigenvalue weighted by atomic mass is 16.5. The van der Waals surface area contributed by atoms with E-state index >= 15 is 0 Å². The van der Waals surface area contributed by atoms with Crippen molar-refractivity contribution in [1.29, 1.82) is 0 Å². The van der Waals surface area contributed by atoms with Crippen molar-refractivity contribution in [2.45, 2.75) is 63.7 Å². The molecule has 5 rings (SSSR count). The summed E-state index contributed by atoms with van der Waals surface area (Å²) in [5, 5.41) is 0. The number of esters is 1. The topological polar surface area (TPSA) is 26.3 Å². The molecule has 3 unspecified atom stereocenters. The molecule has 2 heteroatoms. The third-order valence-electron chi connectivity index (χ3n) is 7.83. The molecule has 2 fully saturated rings. The highest BCUT2D eigenvalue weighted by Crippen LogP contribution is 2.57. The first kappa shape index (κ1) is 19.6. The predicted octanol–water partition coefficient (Wildman–Crippen LogP) is 6.89. The Kier molecular flexibility index (Phi) is 5.26. The van der Waals surface area contributed by atoms with Crippen LogP contribution in [0.4, 0.5) is 0 Å². The minimum Gasteiger partial charge on any atom is -0.427 e. The van der Waals surface area contributed by atoms with Crippen molar-refractivity contribution >= 4 is 12.0 Å². The van der Waals surface area contributed by atoms with Gasteiger partial charge < -0.3 is 4.74 Å². The summed E-state index contributed by atoms with van der Waals surface area (Å²) in [5.74, 6) is 2.86. The molecule has 4 aliphatic rings. The molecule has 2 nitrogen and oxygen atoms in total. The molecule has 3 atom stereocenters. The van der Waals surface area contributed by atoms with E-state index in [4.69, 9.17) is 4.74 Å². The number of carbonyl (C=O) groups is 1. The summed E-state index contributed by atoms with van der Waals surface area (Å²) >= 11 is 0. The van der Waals surface area contributed by atoms with Crippen LogP contribution in [0.3, 0.4) is 0 Å². The number of benzene rings is 1. The molecule has 0 aliphatic heterocycles. The minimum atomic E-state index is -0.267. The Labute approximate surface area is 180 Å². The van der Waals surface area contributed by atoms with Gasteiger partial charge in [-0.15, -0.1) is 0 Å². The Morgan fingerprint density at radius 3 is 2.43 bits per heavy atom. The van der Waals surface area contributed by atoms with E-state index in [2.05, 4.69) is 48.6 Å². The Bertz CT molecular complexity index is 922. The lowest BCUT2D eigenvalue weighted by Crippen LogP contribution is -2.39. The second-order valence-electron chi connectivity index (χ2n) is 9.68. The minimum absolute atomic E-state index is 0.267. The van der Waals surface area contributed by atoms with Crippen molar-refractivity contribution in [2.24, 2.45) is 17.8 Å². The van der Waals surface area contributed by atoms with Crippen LogP contribution in [0.5, 0.6) is 0 Å². The average Bonchev–Trinajstić information content (AvgIpc) is 3.40. The van der Waals surface area contributed by atoms with Gasteiger partial charge in [0, 0.05) is 6.92 Å². The number of ether oxygens (including phenoxy) is 1. The van der Waals surface area contributed by atoms with Crippen molar-refractivity contribution in [1.82, 2.24) is 0 Å². The van der Waals surface area contributed by atoms with Crippen LogP contribution in [0.15, 0.2) is 66.0 Å². The molecular formula is C28H32O2. The molecule has 30 heavy (non-hydrogen) atoms. The number of carbonyl (C=O) groups excluding carboxylic acids is 1. The number of hydrogen-bond donors (Lipinski definition) is 0. The van der Waals surface area contributed by atoms with Gasteiger partial charge in [0.2, 0.25) is 0 Å². The fourth-order valence-corrected chi connectivity index (χ4v) is 6.49. The summed E-state index contributed by atoms with van der Waals surface area (Å²) in [5.41, 5.74) is 4.46. The van der Waals surface area contributed by atoms with Gasteiger partial charge in [0.15, 0.2) is 0 Å². The second kappa shape index (κ2) is 8.06. The Morgan fingerprint density at radius 1 is 1.03 bits per heavy atom. The van der Waals surface area contributed by atoms with E-state index in [1.807, 2.05) is 12.2 Å². The monoisotopic (exact) mass is 400 g/mol. The summed E-state index contributed by atoms with van der Waals surface area (Å²) < 4.78 is 5.16. The van der Waals surface area contributed by atoms with Gasteiger partial charge in [0.25, 0.3) is 0 Å². The van der Waals surface area contributed by atoms with Gasteiger partial charge in [-0.1, -0.05) is 67.8 Å². The van der Waals surface area contributed by atoms with Gasteiger partial charge in [0.1, 0.15) is 5.76 Å². The van der Waals surface area contributed by atoms with E-state index in [-0.39, 0.29) is 5.97 Å². The molecule has 0 heterocycles. The van der Waals surface area contributed by atoms with Gasteiger partial charge >= 0.3 is 5.97 Å². The molecule has 0 aromatic heterocycles. The van der Waals surface area contributed by atoms with Crippen molar-refractivity contribution in [3.63, 3.8) is 0 Å². The largest absolute Gasteiger partial charge is 0.427 e. The maximum atomic E-state index is 11.1. The molecular weight excluding hydrogens is 368 g/mol. The molecule has 4 aliphatic carbocycles. The maximum absolute atomic E-state index is 11.1. The fraction of sp³-hybridized carbons (Fsp3) is 0.464. The molecule has 2 bridgehead atoms. The Balaban J connectivity index is 1.35. The van der Waals surface area contributed by atoms with Gasteiger partial charge in [-0.25, -0.2) is 0 Å². The first-order valence-corrected chi connectivity index (χ1v) is 11.7. The summed E-state index contributed by atoms with van der Waals surface area (Å²) in [4.78, 5) is 11.1. The molecule has 0 spiro atoms. The summed E-state index contributed by atoms with van der Waals surface area (Å²) in [7, 11) is 0. The van der Waals surface area contributed by atoms with E-state index < -0.39 is 0 Å². The van der Waals surface area contributed by atoms with E-state index in [1.54, 1.807) is 5.56 Å². The van der Waals surface area contributed by atoms with E-state index in [0.29, 0.717) is 11.2 Å². The number of fused-ring (bicyclic) bond motifs is 2. The van der Waals surface area contributed by atoms with Gasteiger partial charge in [-0.05, 0) is 84.1 Å². The first-order chi connectivity index (χ1) is 14.6. The molecule has 0 amide bonds. The van der Waals surface area contributed by atoms with E-state index in [0.717, 1.165) is 24.2 Å². The number of allylic oxidation sites excluding steroid dienone is 6. The predicted molar refractivity (Wildman–Crippen MR) is 122 cm³/mol. The lowest BCUT2D eigenvalue weighted by molar-refractivity contribution is -0.136. The molecule has 0 radical (unpaired) electrons. The molecule has 2 saturated carbocycles. The molecule has 156 valence electrons. The van der Waals surface area contributed by atoms with Crippen molar-refractivity contribution in [3.8, 4) is 0 Å². The quantitative estimate of drug-likeness (QED) is 0.406. The van der Waals surface area contributed by atoms with E-state index in [9.17, 15) is 4.79 Å². The highest BCUT2D eigenvalue weighted by Gasteiger charge is 2.49. The second-order valence-corrected chi connectivity index (χ2v) is 9.68. The fourth-order valence-electron chi connectivity index (χ4n) is 6.49. The van der Waals surface area contributed by atoms with Crippen molar-refractivity contribution in [3.05, 3.63) is 77.1 Å². The lowest BCUT2D eigenvalue weighted by atomic mass is 9.59. The van der Waals surface area contributed by atoms with Gasteiger partial charge in [0.05, 0.1) is 0 Å². The molecule has 0 N–H and O–H groups in total. The molecule has 1 aromatic rings. The first-order valence-electron chi connectivity index (χ1n) is 11.7. The van der Waals surface area contributed by atoms with Crippen LogP contribution in [0, 0.1) is 17.8 Å². The van der Waals surface area contributed by atoms with Crippen LogP contribution in [-0.2, 0) is 14.9 Å². The standard InChI is InChI=1S/C28H32O2/c1-20(29)30-26-13-8-22(9-14-26)17-21-6-11-25(12-7-21)28(15-3-2-4-16-28)27-19-23-5-10-24(27)18-23/h5-8,10-14,17,23-24,27H,2-4,9,15-16,18-19H2,1H3. The Hall–Kier alpha value is -2.35. The normalized spacial score (nSPS) is 30.5. The van der Waals surface area contributed by atoms with Crippen LogP contribution in [0.2, 0.25) is 0 Å². The number of hydrogen-bond acceptors (Lipinski definition) is 2. The average molecular weight is 401 g/mol. The summed E-state index contributed by atoms with van der Waals surface area (Å²) in [6.07, 6.45) is 23.6. The van der Waals surface area contributed by atoms with Crippen LogP contribution < -0.4 is 0 Å². The maximum Gasteiger partial charge on any atom is 0.308 e. The highest BCUT2D eigenvalue weighted by molar-refractivity contribution is 5.68. The third-order valence-corrected chi connectivity index (χ3v) is 7.83. The number of rotatable bonds is 4. The van der Waals surface area contributed by atoms with Gasteiger partial charge in [-0.2, -0.15) is 0 Å². The summed E-state index contributed by atoms with van der Waals surface area (Å²) in [6.45, 7) is 1.44. The zero-order valence-corrected chi connectivity index (χ0v) is 18.0.